The Morgan fingerprint density at radius 2 is 2.12 bits per heavy atom. The van der Waals surface area contributed by atoms with Gasteiger partial charge in [-0.25, -0.2) is 8.42 Å². The van der Waals surface area contributed by atoms with Crippen molar-refractivity contribution in [2.45, 2.75) is 25.0 Å². The fourth-order valence-corrected chi connectivity index (χ4v) is 3.44. The molecule has 0 aliphatic carbocycles. The third kappa shape index (κ3) is 3.17. The highest BCUT2D eigenvalue weighted by atomic mass is 32.2. The summed E-state index contributed by atoms with van der Waals surface area (Å²) in [6.45, 7) is 3.37. The molecule has 0 atom stereocenters. The molecular weight excluding hydrogens is 238 g/mol. The van der Waals surface area contributed by atoms with Crippen LogP contribution >= 0.6 is 0 Å². The Balaban J connectivity index is 2.11. The van der Waals surface area contributed by atoms with Crippen LogP contribution in [0.4, 0.5) is 5.69 Å². The van der Waals surface area contributed by atoms with Crippen molar-refractivity contribution in [1.29, 1.82) is 0 Å². The molecule has 1 aliphatic rings. The predicted molar refractivity (Wildman–Crippen MR) is 67.4 cm³/mol. The lowest BCUT2D eigenvalue weighted by Gasteiger charge is -2.23. The fourth-order valence-electron chi connectivity index (χ4n) is 1.96. The number of nitrogens with zero attached hydrogens (tertiary/aromatic N) is 1. The number of rotatable bonds is 3. The van der Waals surface area contributed by atoms with Gasteiger partial charge in [0.05, 0.1) is 10.9 Å². The molecule has 1 fully saturated rings. The molecule has 94 valence electrons. The minimum atomic E-state index is -3.27. The zero-order valence-corrected chi connectivity index (χ0v) is 10.6. The normalized spacial score (nSPS) is 17.9. The van der Waals surface area contributed by atoms with Crippen molar-refractivity contribution in [1.82, 2.24) is 10.3 Å². The molecular formula is C11H17N3O2S. The van der Waals surface area contributed by atoms with Crippen molar-refractivity contribution >= 4 is 15.7 Å². The van der Waals surface area contributed by atoms with Crippen LogP contribution in [0.25, 0.3) is 0 Å². The van der Waals surface area contributed by atoms with E-state index in [0.717, 1.165) is 18.8 Å². The molecule has 1 aromatic rings. The first-order valence-corrected chi connectivity index (χ1v) is 7.27. The Bertz CT molecular complexity index is 481. The zero-order chi connectivity index (χ0) is 12.3. The monoisotopic (exact) mass is 255 g/mol. The molecule has 0 unspecified atom stereocenters. The minimum absolute atomic E-state index is 0.294. The third-order valence-corrected chi connectivity index (χ3v) is 4.75. The van der Waals surface area contributed by atoms with E-state index in [0.29, 0.717) is 18.5 Å². The number of piperidine rings is 1. The number of sulfonamides is 1. The first-order chi connectivity index (χ1) is 8.08. The van der Waals surface area contributed by atoms with Crippen molar-refractivity contribution in [2.75, 3.05) is 17.8 Å². The third-order valence-electron chi connectivity index (χ3n) is 2.88. The van der Waals surface area contributed by atoms with Gasteiger partial charge in [0.25, 0.3) is 0 Å². The van der Waals surface area contributed by atoms with E-state index in [1.165, 1.54) is 0 Å². The standard InChI is InChI=1S/C11H17N3O2S/c1-9-8-10(2-7-13-9)14-17(15,16)11-3-5-12-6-4-11/h2,7-8,11-12H,3-6H2,1H3,(H,13,14). The molecule has 1 aliphatic heterocycles. The maximum atomic E-state index is 12.1. The molecule has 6 heteroatoms. The van der Waals surface area contributed by atoms with Crippen LogP contribution in [0, 0.1) is 6.92 Å². The molecule has 0 aromatic carbocycles. The summed E-state index contributed by atoms with van der Waals surface area (Å²) in [5.74, 6) is 0. The molecule has 2 N–H and O–H groups in total. The summed E-state index contributed by atoms with van der Waals surface area (Å²) in [5, 5.41) is 2.86. The Hall–Kier alpha value is -1.14. The average molecular weight is 255 g/mol. The first kappa shape index (κ1) is 12.3. The number of hydrogen-bond donors (Lipinski definition) is 2. The van der Waals surface area contributed by atoms with Gasteiger partial charge in [-0.1, -0.05) is 0 Å². The molecule has 0 spiro atoms. The van der Waals surface area contributed by atoms with Gasteiger partial charge in [0.1, 0.15) is 0 Å². The van der Waals surface area contributed by atoms with Gasteiger partial charge in [0, 0.05) is 11.9 Å². The van der Waals surface area contributed by atoms with Crippen molar-refractivity contribution in [3.05, 3.63) is 24.0 Å². The van der Waals surface area contributed by atoms with Crippen LogP contribution in [-0.4, -0.2) is 31.7 Å². The highest BCUT2D eigenvalue weighted by Crippen LogP contribution is 2.17. The number of aromatic nitrogens is 1. The van der Waals surface area contributed by atoms with Crippen LogP contribution in [0.15, 0.2) is 18.3 Å². The van der Waals surface area contributed by atoms with Crippen molar-refractivity contribution in [3.63, 3.8) is 0 Å². The van der Waals surface area contributed by atoms with E-state index < -0.39 is 10.0 Å². The van der Waals surface area contributed by atoms with Gasteiger partial charge < -0.3 is 5.32 Å². The molecule has 17 heavy (non-hydrogen) atoms. The Morgan fingerprint density at radius 1 is 1.41 bits per heavy atom. The molecule has 0 amide bonds. The van der Waals surface area contributed by atoms with Crippen LogP contribution < -0.4 is 10.0 Å². The second-order valence-electron chi connectivity index (χ2n) is 4.28. The minimum Gasteiger partial charge on any atom is -0.317 e. The van der Waals surface area contributed by atoms with E-state index in [1.807, 2.05) is 6.92 Å². The lowest BCUT2D eigenvalue weighted by Crippen LogP contribution is -2.38. The number of nitrogens with one attached hydrogen (secondary N) is 2. The van der Waals surface area contributed by atoms with Crippen LogP contribution in [0.2, 0.25) is 0 Å². The average Bonchev–Trinajstić information content (AvgIpc) is 2.29. The SMILES string of the molecule is Cc1cc(NS(=O)(=O)C2CCNCC2)ccn1. The number of hydrogen-bond acceptors (Lipinski definition) is 4. The van der Waals surface area contributed by atoms with Crippen LogP contribution in [0.5, 0.6) is 0 Å². The molecule has 2 rings (SSSR count). The second kappa shape index (κ2) is 5.01. The summed E-state index contributed by atoms with van der Waals surface area (Å²) in [6, 6.07) is 3.41. The Morgan fingerprint density at radius 3 is 2.76 bits per heavy atom. The largest absolute Gasteiger partial charge is 0.317 e. The molecule has 0 bridgehead atoms. The van der Waals surface area contributed by atoms with Gasteiger partial charge >= 0.3 is 0 Å². The summed E-state index contributed by atoms with van der Waals surface area (Å²) >= 11 is 0. The van der Waals surface area contributed by atoms with Crippen molar-refractivity contribution in [2.24, 2.45) is 0 Å². The lowest BCUT2D eigenvalue weighted by molar-refractivity contribution is 0.499. The van der Waals surface area contributed by atoms with Crippen LogP contribution in [-0.2, 0) is 10.0 Å². The number of aryl methyl sites for hydroxylation is 1. The van der Waals surface area contributed by atoms with Crippen LogP contribution in [0.1, 0.15) is 18.5 Å². The summed E-state index contributed by atoms with van der Waals surface area (Å²) in [5.41, 5.74) is 1.39. The van der Waals surface area contributed by atoms with E-state index in [9.17, 15) is 8.42 Å². The summed E-state index contributed by atoms with van der Waals surface area (Å²) in [6.07, 6.45) is 2.94. The number of pyridine rings is 1. The van der Waals surface area contributed by atoms with Gasteiger partial charge in [0.15, 0.2) is 0 Å². The Labute approximate surface area is 102 Å². The zero-order valence-electron chi connectivity index (χ0n) is 9.81. The quantitative estimate of drug-likeness (QED) is 0.841. The van der Waals surface area contributed by atoms with E-state index >= 15 is 0 Å². The molecule has 2 heterocycles. The predicted octanol–water partition coefficient (Wildman–Crippen LogP) is 0.884. The molecule has 5 nitrogen and oxygen atoms in total. The lowest BCUT2D eigenvalue weighted by atomic mass is 10.2. The topological polar surface area (TPSA) is 71.1 Å². The smallest absolute Gasteiger partial charge is 0.235 e. The molecule has 1 saturated heterocycles. The second-order valence-corrected chi connectivity index (χ2v) is 6.24. The molecule has 0 radical (unpaired) electrons. The summed E-state index contributed by atoms with van der Waals surface area (Å²) < 4.78 is 26.8. The highest BCUT2D eigenvalue weighted by Gasteiger charge is 2.26. The first-order valence-electron chi connectivity index (χ1n) is 5.73. The van der Waals surface area contributed by atoms with E-state index in [2.05, 4.69) is 15.0 Å². The van der Waals surface area contributed by atoms with Gasteiger partial charge in [-0.2, -0.15) is 0 Å². The maximum Gasteiger partial charge on any atom is 0.235 e. The van der Waals surface area contributed by atoms with E-state index in [4.69, 9.17) is 0 Å². The maximum absolute atomic E-state index is 12.1. The van der Waals surface area contributed by atoms with Crippen LogP contribution in [0.3, 0.4) is 0 Å². The van der Waals surface area contributed by atoms with E-state index in [-0.39, 0.29) is 5.25 Å². The Kier molecular flexibility index (Phi) is 3.63. The summed E-state index contributed by atoms with van der Waals surface area (Å²) in [4.78, 5) is 4.04. The number of anilines is 1. The molecule has 0 saturated carbocycles. The van der Waals surface area contributed by atoms with Crippen molar-refractivity contribution in [3.8, 4) is 0 Å². The van der Waals surface area contributed by atoms with Gasteiger partial charge in [-0.05, 0) is 45.0 Å². The summed E-state index contributed by atoms with van der Waals surface area (Å²) in [7, 11) is -3.27. The molecule has 1 aromatic heterocycles. The fraction of sp³-hybridized carbons (Fsp3) is 0.545. The highest BCUT2D eigenvalue weighted by molar-refractivity contribution is 7.93. The van der Waals surface area contributed by atoms with Gasteiger partial charge in [0.2, 0.25) is 10.0 Å². The van der Waals surface area contributed by atoms with Gasteiger partial charge in [-0.3, -0.25) is 9.71 Å². The van der Waals surface area contributed by atoms with Gasteiger partial charge in [-0.15, -0.1) is 0 Å². The van der Waals surface area contributed by atoms with Crippen molar-refractivity contribution < 1.29 is 8.42 Å². The van der Waals surface area contributed by atoms with E-state index in [1.54, 1.807) is 18.3 Å².